The second kappa shape index (κ2) is 5.44. The SMILES string of the molecule is COCCc1cc(C)c(N=C=O)c(C)c1. The molecule has 0 fully saturated rings. The van der Waals surface area contributed by atoms with Crippen molar-refractivity contribution in [1.29, 1.82) is 0 Å². The first-order valence-corrected chi connectivity index (χ1v) is 4.86. The van der Waals surface area contributed by atoms with Gasteiger partial charge in [-0.05, 0) is 37.0 Å². The number of hydrogen-bond acceptors (Lipinski definition) is 3. The number of rotatable bonds is 4. The van der Waals surface area contributed by atoms with Crippen molar-refractivity contribution < 1.29 is 9.53 Å². The Morgan fingerprint density at radius 1 is 1.33 bits per heavy atom. The number of aliphatic imine (C=N–C) groups is 1. The molecule has 0 amide bonds. The van der Waals surface area contributed by atoms with E-state index in [1.807, 2.05) is 26.0 Å². The molecule has 1 aromatic carbocycles. The van der Waals surface area contributed by atoms with Crippen molar-refractivity contribution in [2.45, 2.75) is 20.3 Å². The first kappa shape index (κ1) is 11.6. The molecule has 0 spiro atoms. The molecule has 0 unspecified atom stereocenters. The number of aryl methyl sites for hydroxylation is 2. The van der Waals surface area contributed by atoms with Crippen LogP contribution in [-0.2, 0) is 16.0 Å². The van der Waals surface area contributed by atoms with E-state index in [0.717, 1.165) is 23.2 Å². The van der Waals surface area contributed by atoms with Gasteiger partial charge in [0.2, 0.25) is 6.08 Å². The average molecular weight is 205 g/mol. The molecule has 0 saturated heterocycles. The van der Waals surface area contributed by atoms with Crippen LogP contribution in [0.5, 0.6) is 0 Å². The lowest BCUT2D eigenvalue weighted by Gasteiger charge is -2.07. The predicted octanol–water partition coefficient (Wildman–Crippen LogP) is 2.46. The molecule has 0 radical (unpaired) electrons. The highest BCUT2D eigenvalue weighted by Gasteiger charge is 2.03. The molecule has 3 heteroatoms. The van der Waals surface area contributed by atoms with E-state index in [4.69, 9.17) is 4.74 Å². The van der Waals surface area contributed by atoms with E-state index in [-0.39, 0.29) is 0 Å². The Morgan fingerprint density at radius 2 is 1.93 bits per heavy atom. The first-order chi connectivity index (χ1) is 7.19. The molecule has 0 aromatic heterocycles. The normalized spacial score (nSPS) is 9.80. The summed E-state index contributed by atoms with van der Waals surface area (Å²) in [6.07, 6.45) is 2.46. The summed E-state index contributed by atoms with van der Waals surface area (Å²) in [5.74, 6) is 0. The fraction of sp³-hybridized carbons (Fsp3) is 0.417. The van der Waals surface area contributed by atoms with Gasteiger partial charge in [-0.2, -0.15) is 4.99 Å². The van der Waals surface area contributed by atoms with Crippen molar-refractivity contribution in [3.05, 3.63) is 28.8 Å². The summed E-state index contributed by atoms with van der Waals surface area (Å²) in [5.41, 5.74) is 3.94. The third-order valence-electron chi connectivity index (χ3n) is 2.30. The van der Waals surface area contributed by atoms with E-state index in [1.165, 1.54) is 5.56 Å². The molecule has 1 aromatic rings. The molecule has 15 heavy (non-hydrogen) atoms. The van der Waals surface area contributed by atoms with Gasteiger partial charge in [0.05, 0.1) is 12.3 Å². The number of hydrogen-bond donors (Lipinski definition) is 0. The molecule has 0 bridgehead atoms. The van der Waals surface area contributed by atoms with Gasteiger partial charge in [-0.25, -0.2) is 4.79 Å². The first-order valence-electron chi connectivity index (χ1n) is 4.86. The smallest absolute Gasteiger partial charge is 0.240 e. The van der Waals surface area contributed by atoms with Crippen LogP contribution < -0.4 is 0 Å². The molecule has 0 heterocycles. The van der Waals surface area contributed by atoms with Gasteiger partial charge in [0.25, 0.3) is 0 Å². The Balaban J connectivity index is 3.02. The van der Waals surface area contributed by atoms with Gasteiger partial charge in [0.15, 0.2) is 0 Å². The molecule has 0 saturated carbocycles. The van der Waals surface area contributed by atoms with E-state index in [2.05, 4.69) is 4.99 Å². The predicted molar refractivity (Wildman–Crippen MR) is 59.3 cm³/mol. The summed E-state index contributed by atoms with van der Waals surface area (Å²) >= 11 is 0. The van der Waals surface area contributed by atoms with Gasteiger partial charge in [-0.3, -0.25) is 0 Å². The largest absolute Gasteiger partial charge is 0.384 e. The summed E-state index contributed by atoms with van der Waals surface area (Å²) in [6, 6.07) is 4.06. The van der Waals surface area contributed by atoms with Gasteiger partial charge < -0.3 is 4.74 Å². The molecule has 0 atom stereocenters. The van der Waals surface area contributed by atoms with Crippen molar-refractivity contribution in [2.75, 3.05) is 13.7 Å². The lowest BCUT2D eigenvalue weighted by molar-refractivity contribution is 0.202. The van der Waals surface area contributed by atoms with Crippen LogP contribution in [0.15, 0.2) is 17.1 Å². The minimum atomic E-state index is 0.704. The number of benzene rings is 1. The number of carbonyl (C=O) groups excluding carboxylic acids is 1. The third-order valence-corrected chi connectivity index (χ3v) is 2.30. The fourth-order valence-corrected chi connectivity index (χ4v) is 1.63. The maximum atomic E-state index is 10.2. The number of isocyanates is 1. The van der Waals surface area contributed by atoms with Crippen LogP contribution in [0.2, 0.25) is 0 Å². The zero-order valence-corrected chi connectivity index (χ0v) is 9.33. The molecule has 0 aliphatic carbocycles. The van der Waals surface area contributed by atoms with Gasteiger partial charge in [-0.15, -0.1) is 0 Å². The minimum absolute atomic E-state index is 0.704. The monoisotopic (exact) mass is 205 g/mol. The lowest BCUT2D eigenvalue weighted by atomic mass is 10.0. The molecule has 0 aliphatic heterocycles. The molecule has 80 valence electrons. The van der Waals surface area contributed by atoms with Crippen LogP contribution in [0.3, 0.4) is 0 Å². The van der Waals surface area contributed by atoms with Crippen molar-refractivity contribution in [1.82, 2.24) is 0 Å². The van der Waals surface area contributed by atoms with E-state index in [0.29, 0.717) is 6.61 Å². The van der Waals surface area contributed by atoms with Crippen LogP contribution >= 0.6 is 0 Å². The zero-order valence-electron chi connectivity index (χ0n) is 9.33. The van der Waals surface area contributed by atoms with Crippen molar-refractivity contribution >= 4 is 11.8 Å². The van der Waals surface area contributed by atoms with Gasteiger partial charge in [0, 0.05) is 7.11 Å². The van der Waals surface area contributed by atoms with E-state index in [1.54, 1.807) is 13.2 Å². The molecule has 0 aliphatic rings. The third kappa shape index (κ3) is 3.01. The van der Waals surface area contributed by atoms with Crippen molar-refractivity contribution in [3.63, 3.8) is 0 Å². The molecular weight excluding hydrogens is 190 g/mol. The van der Waals surface area contributed by atoms with E-state index < -0.39 is 0 Å². The summed E-state index contributed by atoms with van der Waals surface area (Å²) in [7, 11) is 1.69. The van der Waals surface area contributed by atoms with Crippen LogP contribution in [0.25, 0.3) is 0 Å². The molecule has 0 N–H and O–H groups in total. The van der Waals surface area contributed by atoms with E-state index >= 15 is 0 Å². The van der Waals surface area contributed by atoms with Crippen LogP contribution in [-0.4, -0.2) is 19.8 Å². The highest BCUT2D eigenvalue weighted by atomic mass is 16.5. The average Bonchev–Trinajstić information content (AvgIpc) is 2.20. The van der Waals surface area contributed by atoms with Crippen LogP contribution in [0, 0.1) is 13.8 Å². The van der Waals surface area contributed by atoms with E-state index in [9.17, 15) is 4.79 Å². The Kier molecular flexibility index (Phi) is 4.22. The van der Waals surface area contributed by atoms with Gasteiger partial charge >= 0.3 is 0 Å². The van der Waals surface area contributed by atoms with Crippen LogP contribution in [0.4, 0.5) is 5.69 Å². The molecule has 3 nitrogen and oxygen atoms in total. The number of nitrogens with zero attached hydrogens (tertiary/aromatic N) is 1. The number of ether oxygens (including phenoxy) is 1. The van der Waals surface area contributed by atoms with Crippen molar-refractivity contribution in [3.8, 4) is 0 Å². The highest BCUT2D eigenvalue weighted by molar-refractivity contribution is 5.59. The molecule has 1 rings (SSSR count). The van der Waals surface area contributed by atoms with Gasteiger partial charge in [-0.1, -0.05) is 12.1 Å². The minimum Gasteiger partial charge on any atom is -0.384 e. The van der Waals surface area contributed by atoms with Crippen LogP contribution in [0.1, 0.15) is 16.7 Å². The Bertz CT molecular complexity index is 370. The topological polar surface area (TPSA) is 38.7 Å². The Hall–Kier alpha value is -1.44. The fourth-order valence-electron chi connectivity index (χ4n) is 1.63. The summed E-state index contributed by atoms with van der Waals surface area (Å²) in [4.78, 5) is 13.9. The maximum Gasteiger partial charge on any atom is 0.240 e. The second-order valence-electron chi connectivity index (χ2n) is 3.52. The summed E-state index contributed by atoms with van der Waals surface area (Å²) in [5, 5.41) is 0. The standard InChI is InChI=1S/C12H15NO2/c1-9-6-11(4-5-15-3)7-10(2)12(9)13-8-14/h6-7H,4-5H2,1-3H3. The quantitative estimate of drug-likeness (QED) is 0.559. The van der Waals surface area contributed by atoms with Gasteiger partial charge in [0.1, 0.15) is 0 Å². The van der Waals surface area contributed by atoms with Crippen molar-refractivity contribution in [2.24, 2.45) is 4.99 Å². The summed E-state index contributed by atoms with van der Waals surface area (Å²) in [6.45, 7) is 4.59. The Morgan fingerprint density at radius 3 is 2.40 bits per heavy atom. The molecular formula is C12H15NO2. The second-order valence-corrected chi connectivity index (χ2v) is 3.52. The number of methoxy groups -OCH3 is 1. The zero-order chi connectivity index (χ0) is 11.3. The lowest BCUT2D eigenvalue weighted by Crippen LogP contribution is -1.96. The summed E-state index contributed by atoms with van der Waals surface area (Å²) < 4.78 is 5.02. The highest BCUT2D eigenvalue weighted by Crippen LogP contribution is 2.24. The Labute approximate surface area is 89.8 Å². The maximum absolute atomic E-state index is 10.2.